The highest BCUT2D eigenvalue weighted by atomic mass is 16.6. The van der Waals surface area contributed by atoms with Crippen LogP contribution in [0.2, 0.25) is 0 Å². The summed E-state index contributed by atoms with van der Waals surface area (Å²) in [5.41, 5.74) is 1.43. The summed E-state index contributed by atoms with van der Waals surface area (Å²) in [5, 5.41) is 12.0. The van der Waals surface area contributed by atoms with Gasteiger partial charge < -0.3 is 10.1 Å². The van der Waals surface area contributed by atoms with Crippen molar-refractivity contribution in [2.75, 3.05) is 18.0 Å². The lowest BCUT2D eigenvalue weighted by atomic mass is 9.97. The first-order valence-electron chi connectivity index (χ1n) is 7.84. The Morgan fingerprint density at radius 2 is 2.13 bits per heavy atom. The summed E-state index contributed by atoms with van der Waals surface area (Å²) in [6.45, 7) is 2.51. The van der Waals surface area contributed by atoms with Gasteiger partial charge in [0, 0.05) is 12.1 Å². The number of anilines is 1. The second-order valence-corrected chi connectivity index (χ2v) is 6.01. The number of nitrogens with zero attached hydrogens (tertiary/aromatic N) is 2. The van der Waals surface area contributed by atoms with Gasteiger partial charge in [0.15, 0.2) is 0 Å². The molecule has 6 heteroatoms. The van der Waals surface area contributed by atoms with Crippen LogP contribution >= 0.6 is 0 Å². The lowest BCUT2D eigenvalue weighted by molar-refractivity contribution is -0.121. The molecule has 1 heterocycles. The maximum absolute atomic E-state index is 12.0. The van der Waals surface area contributed by atoms with E-state index < -0.39 is 6.09 Å². The Morgan fingerprint density at radius 1 is 1.43 bits per heavy atom. The van der Waals surface area contributed by atoms with Gasteiger partial charge in [-0.1, -0.05) is 19.1 Å². The van der Waals surface area contributed by atoms with E-state index in [9.17, 15) is 14.9 Å². The van der Waals surface area contributed by atoms with Crippen LogP contribution in [0.3, 0.4) is 0 Å². The van der Waals surface area contributed by atoms with Gasteiger partial charge in [0.1, 0.15) is 6.10 Å². The van der Waals surface area contributed by atoms with Crippen LogP contribution in [-0.4, -0.2) is 31.2 Å². The molecule has 2 aliphatic rings. The predicted octanol–water partition coefficient (Wildman–Crippen LogP) is 2.09. The van der Waals surface area contributed by atoms with Gasteiger partial charge in [0.25, 0.3) is 0 Å². The van der Waals surface area contributed by atoms with Crippen molar-refractivity contribution in [3.63, 3.8) is 0 Å². The van der Waals surface area contributed by atoms with Gasteiger partial charge in [-0.15, -0.1) is 0 Å². The summed E-state index contributed by atoms with van der Waals surface area (Å²) < 4.78 is 5.27. The maximum atomic E-state index is 12.0. The van der Waals surface area contributed by atoms with Crippen LogP contribution in [0.15, 0.2) is 24.3 Å². The average Bonchev–Trinajstić information content (AvgIpc) is 3.30. The molecule has 1 unspecified atom stereocenters. The quantitative estimate of drug-likeness (QED) is 0.902. The first kappa shape index (κ1) is 15.3. The van der Waals surface area contributed by atoms with E-state index in [2.05, 4.69) is 11.4 Å². The van der Waals surface area contributed by atoms with Gasteiger partial charge in [0.2, 0.25) is 5.91 Å². The Hall–Kier alpha value is -2.55. The number of rotatable bonds is 5. The molecule has 2 amide bonds. The zero-order chi connectivity index (χ0) is 16.4. The van der Waals surface area contributed by atoms with Crippen LogP contribution in [0.5, 0.6) is 0 Å². The van der Waals surface area contributed by atoms with Gasteiger partial charge >= 0.3 is 6.09 Å². The number of hydrogen-bond donors (Lipinski definition) is 1. The number of carbonyl (C=O) groups is 2. The van der Waals surface area contributed by atoms with E-state index in [4.69, 9.17) is 4.74 Å². The fraction of sp³-hybridized carbons (Fsp3) is 0.471. The summed E-state index contributed by atoms with van der Waals surface area (Å²) >= 11 is 0. The summed E-state index contributed by atoms with van der Waals surface area (Å²) in [4.78, 5) is 24.8. The third-order valence-corrected chi connectivity index (χ3v) is 4.42. The van der Waals surface area contributed by atoms with Gasteiger partial charge in [-0.2, -0.15) is 5.26 Å². The van der Waals surface area contributed by atoms with E-state index in [-0.39, 0.29) is 17.4 Å². The fourth-order valence-corrected chi connectivity index (χ4v) is 2.74. The number of amides is 2. The maximum Gasteiger partial charge on any atom is 0.414 e. The molecule has 120 valence electrons. The zero-order valence-corrected chi connectivity index (χ0v) is 13.0. The number of hydrogen-bond acceptors (Lipinski definition) is 4. The topological polar surface area (TPSA) is 82.4 Å². The van der Waals surface area contributed by atoms with E-state index >= 15 is 0 Å². The minimum absolute atomic E-state index is 0.0601. The number of cyclic esters (lactones) is 1. The second-order valence-electron chi connectivity index (χ2n) is 6.01. The van der Waals surface area contributed by atoms with Crippen molar-refractivity contribution in [3.05, 3.63) is 29.8 Å². The first-order valence-corrected chi connectivity index (χ1v) is 7.84. The molecule has 1 N–H and O–H groups in total. The average molecular weight is 313 g/mol. The van der Waals surface area contributed by atoms with E-state index in [1.807, 2.05) is 24.3 Å². The standard InChI is InChI=1S/C17H19N3O3/c1-2-15(21)19-9-14-10-20(16(22)23-14)13-5-3-12(4-6-13)17(11-18)7-8-17/h3-6,14H,2,7-10H2,1H3,(H,19,21). The van der Waals surface area contributed by atoms with Crippen molar-refractivity contribution in [2.45, 2.75) is 37.7 Å². The minimum atomic E-state index is -0.407. The van der Waals surface area contributed by atoms with Crippen molar-refractivity contribution in [3.8, 4) is 6.07 Å². The fourth-order valence-electron chi connectivity index (χ4n) is 2.74. The van der Waals surface area contributed by atoms with Gasteiger partial charge in [-0.3, -0.25) is 9.69 Å². The molecule has 1 aromatic carbocycles. The van der Waals surface area contributed by atoms with Crippen molar-refractivity contribution in [2.24, 2.45) is 0 Å². The van der Waals surface area contributed by atoms with E-state index in [0.717, 1.165) is 24.1 Å². The highest BCUT2D eigenvalue weighted by Gasteiger charge is 2.44. The number of nitrogens with one attached hydrogen (secondary N) is 1. The summed E-state index contributed by atoms with van der Waals surface area (Å²) in [5.74, 6) is -0.0601. The Bertz CT molecular complexity index is 659. The zero-order valence-electron chi connectivity index (χ0n) is 13.0. The predicted molar refractivity (Wildman–Crippen MR) is 83.9 cm³/mol. The van der Waals surface area contributed by atoms with Crippen LogP contribution in [-0.2, 0) is 14.9 Å². The van der Waals surface area contributed by atoms with Crippen molar-refractivity contribution in [1.82, 2.24) is 5.32 Å². The number of nitriles is 1. The third kappa shape index (κ3) is 3.00. The highest BCUT2D eigenvalue weighted by molar-refractivity contribution is 5.89. The van der Waals surface area contributed by atoms with E-state index in [1.165, 1.54) is 0 Å². The molecule has 0 spiro atoms. The summed E-state index contributed by atoms with van der Waals surface area (Å²) in [6.07, 6.45) is 1.45. The molecule has 0 bridgehead atoms. The normalized spacial score (nSPS) is 21.5. The minimum Gasteiger partial charge on any atom is -0.442 e. The molecular weight excluding hydrogens is 294 g/mol. The molecule has 6 nitrogen and oxygen atoms in total. The summed E-state index contributed by atoms with van der Waals surface area (Å²) in [7, 11) is 0. The lowest BCUT2D eigenvalue weighted by Crippen LogP contribution is -2.34. The molecule has 1 aromatic rings. The number of carbonyl (C=O) groups excluding carboxylic acids is 2. The van der Waals surface area contributed by atoms with Crippen LogP contribution < -0.4 is 10.2 Å². The molecule has 3 rings (SSSR count). The van der Waals surface area contributed by atoms with Crippen molar-refractivity contribution < 1.29 is 14.3 Å². The van der Waals surface area contributed by atoms with Crippen molar-refractivity contribution >= 4 is 17.7 Å². The lowest BCUT2D eigenvalue weighted by Gasteiger charge is -2.14. The Labute approximate surface area is 135 Å². The molecule has 23 heavy (non-hydrogen) atoms. The van der Waals surface area contributed by atoms with Crippen LogP contribution in [0, 0.1) is 11.3 Å². The number of benzene rings is 1. The monoisotopic (exact) mass is 313 g/mol. The molecule has 0 aromatic heterocycles. The molecule has 1 aliphatic carbocycles. The molecule has 2 fully saturated rings. The SMILES string of the molecule is CCC(=O)NCC1CN(c2ccc(C3(C#N)CC3)cc2)C(=O)O1. The molecule has 1 atom stereocenters. The molecular formula is C17H19N3O3. The molecule has 1 saturated carbocycles. The highest BCUT2D eigenvalue weighted by Crippen LogP contribution is 2.47. The smallest absolute Gasteiger partial charge is 0.414 e. The van der Waals surface area contributed by atoms with Gasteiger partial charge in [-0.05, 0) is 30.5 Å². The van der Waals surface area contributed by atoms with Gasteiger partial charge in [-0.25, -0.2) is 4.79 Å². The van der Waals surface area contributed by atoms with Gasteiger partial charge in [0.05, 0.1) is 24.6 Å². The van der Waals surface area contributed by atoms with Crippen molar-refractivity contribution in [1.29, 1.82) is 5.26 Å². The van der Waals surface area contributed by atoms with Crippen LogP contribution in [0.25, 0.3) is 0 Å². The molecule has 0 radical (unpaired) electrons. The second kappa shape index (κ2) is 5.92. The molecule has 1 aliphatic heterocycles. The van der Waals surface area contributed by atoms with E-state index in [1.54, 1.807) is 11.8 Å². The Kier molecular flexibility index (Phi) is 3.95. The first-order chi connectivity index (χ1) is 11.1. The Morgan fingerprint density at radius 3 is 2.70 bits per heavy atom. The largest absolute Gasteiger partial charge is 0.442 e. The van der Waals surface area contributed by atoms with E-state index in [0.29, 0.717) is 19.5 Å². The number of ether oxygens (including phenoxy) is 1. The van der Waals surface area contributed by atoms with Crippen LogP contribution in [0.4, 0.5) is 10.5 Å². The Balaban J connectivity index is 1.64. The van der Waals surface area contributed by atoms with Crippen LogP contribution in [0.1, 0.15) is 31.7 Å². The molecule has 1 saturated heterocycles. The third-order valence-electron chi connectivity index (χ3n) is 4.42. The summed E-state index contributed by atoms with van der Waals surface area (Å²) in [6, 6.07) is 9.87.